The molecule has 2 aliphatic rings. The number of anilines is 1. The molecule has 0 atom stereocenters. The molecule has 0 unspecified atom stereocenters. The maximum Gasteiger partial charge on any atom is 0.244 e. The zero-order valence-corrected chi connectivity index (χ0v) is 15.3. The summed E-state index contributed by atoms with van der Waals surface area (Å²) in [5.74, 6) is -0.632. The molecule has 26 heavy (non-hydrogen) atoms. The van der Waals surface area contributed by atoms with E-state index in [4.69, 9.17) is 4.74 Å². The highest BCUT2D eigenvalue weighted by Gasteiger charge is 2.34. The first-order valence-corrected chi connectivity index (χ1v) is 10.00. The fraction of sp³-hybridized carbons (Fsp3) is 0.529. The van der Waals surface area contributed by atoms with Crippen LogP contribution in [0.3, 0.4) is 0 Å². The van der Waals surface area contributed by atoms with Gasteiger partial charge in [0.15, 0.2) is 0 Å². The normalized spacial score (nSPS) is 20.0. The minimum Gasteiger partial charge on any atom is -0.495 e. The molecule has 1 saturated carbocycles. The summed E-state index contributed by atoms with van der Waals surface area (Å²) in [4.78, 5) is 24.7. The van der Waals surface area contributed by atoms with Crippen molar-refractivity contribution in [1.82, 2.24) is 4.72 Å². The van der Waals surface area contributed by atoms with Gasteiger partial charge in [-0.15, -0.1) is 0 Å². The third kappa shape index (κ3) is 3.60. The van der Waals surface area contributed by atoms with Gasteiger partial charge in [-0.05, 0) is 31.0 Å². The van der Waals surface area contributed by atoms with Gasteiger partial charge in [-0.1, -0.05) is 12.8 Å². The second-order valence-corrected chi connectivity index (χ2v) is 8.45. The number of methoxy groups -OCH3 is 1. The zero-order chi connectivity index (χ0) is 18.9. The molecule has 0 spiro atoms. The average molecular weight is 382 g/mol. The smallest absolute Gasteiger partial charge is 0.244 e. The molecular formula is C17H22N2O6S. The van der Waals surface area contributed by atoms with Gasteiger partial charge in [0.25, 0.3) is 0 Å². The standard InChI is InChI=1S/C17H22N2O6S/c1-25-13-5-4-12(19-15(20)6-7-16(19)21)10-14(13)26(23,24)18-11-17(22)8-2-3-9-17/h4-5,10,18,22H,2-3,6-9,11H2,1H3. The summed E-state index contributed by atoms with van der Waals surface area (Å²) in [6.45, 7) is -0.0930. The van der Waals surface area contributed by atoms with E-state index in [1.54, 1.807) is 0 Å². The third-order valence-corrected chi connectivity index (χ3v) is 6.29. The Kier molecular flexibility index (Phi) is 5.05. The molecule has 1 saturated heterocycles. The van der Waals surface area contributed by atoms with Crippen molar-refractivity contribution in [3.8, 4) is 5.75 Å². The molecule has 3 rings (SSSR count). The van der Waals surface area contributed by atoms with Crippen molar-refractivity contribution in [1.29, 1.82) is 0 Å². The minimum absolute atomic E-state index is 0.0930. The fourth-order valence-electron chi connectivity index (χ4n) is 3.40. The summed E-state index contributed by atoms with van der Waals surface area (Å²) in [5.41, 5.74) is -0.850. The lowest BCUT2D eigenvalue weighted by molar-refractivity contribution is -0.121. The number of nitrogens with one attached hydrogen (secondary N) is 1. The van der Waals surface area contributed by atoms with Crippen LogP contribution in [0.25, 0.3) is 0 Å². The van der Waals surface area contributed by atoms with Gasteiger partial charge in [0.1, 0.15) is 10.6 Å². The van der Waals surface area contributed by atoms with Crippen LogP contribution in [0, 0.1) is 0 Å². The molecular weight excluding hydrogens is 360 g/mol. The maximum absolute atomic E-state index is 12.8. The van der Waals surface area contributed by atoms with Gasteiger partial charge in [-0.3, -0.25) is 14.5 Å². The fourth-order valence-corrected chi connectivity index (χ4v) is 4.70. The lowest BCUT2D eigenvalue weighted by Gasteiger charge is -2.23. The van der Waals surface area contributed by atoms with Crippen molar-refractivity contribution in [2.24, 2.45) is 0 Å². The molecule has 1 aliphatic carbocycles. The van der Waals surface area contributed by atoms with Crippen LogP contribution in [0.4, 0.5) is 5.69 Å². The molecule has 142 valence electrons. The predicted molar refractivity (Wildman–Crippen MR) is 93.3 cm³/mol. The van der Waals surface area contributed by atoms with Gasteiger partial charge in [-0.2, -0.15) is 0 Å². The van der Waals surface area contributed by atoms with Crippen LogP contribution in [-0.2, 0) is 19.6 Å². The Morgan fingerprint density at radius 3 is 2.38 bits per heavy atom. The number of nitrogens with zero attached hydrogens (tertiary/aromatic N) is 1. The van der Waals surface area contributed by atoms with Crippen LogP contribution in [0.5, 0.6) is 5.75 Å². The Labute approximate surface area is 152 Å². The summed E-state index contributed by atoms with van der Waals surface area (Å²) in [5, 5.41) is 10.4. The molecule has 1 aromatic carbocycles. The Bertz CT molecular complexity index is 814. The van der Waals surface area contributed by atoms with Crippen LogP contribution in [0.2, 0.25) is 0 Å². The highest BCUT2D eigenvalue weighted by Crippen LogP contribution is 2.33. The summed E-state index contributed by atoms with van der Waals surface area (Å²) in [7, 11) is -2.66. The van der Waals surface area contributed by atoms with E-state index in [1.807, 2.05) is 0 Å². The lowest BCUT2D eigenvalue weighted by atomic mass is 10.0. The quantitative estimate of drug-likeness (QED) is 0.708. The number of hydrogen-bond acceptors (Lipinski definition) is 6. The highest BCUT2D eigenvalue weighted by atomic mass is 32.2. The number of rotatable bonds is 6. The van der Waals surface area contributed by atoms with E-state index in [0.717, 1.165) is 17.7 Å². The van der Waals surface area contributed by atoms with Gasteiger partial charge in [0.05, 0.1) is 18.4 Å². The number of ether oxygens (including phenoxy) is 1. The van der Waals surface area contributed by atoms with Crippen molar-refractivity contribution in [2.75, 3.05) is 18.6 Å². The van der Waals surface area contributed by atoms with Crippen LogP contribution >= 0.6 is 0 Å². The number of amides is 2. The highest BCUT2D eigenvalue weighted by molar-refractivity contribution is 7.89. The summed E-state index contributed by atoms with van der Waals surface area (Å²) >= 11 is 0. The second kappa shape index (κ2) is 6.98. The van der Waals surface area contributed by atoms with Gasteiger partial charge in [-0.25, -0.2) is 13.1 Å². The minimum atomic E-state index is -4.00. The molecule has 2 N–H and O–H groups in total. The van der Waals surface area contributed by atoms with Crippen LogP contribution < -0.4 is 14.4 Å². The van der Waals surface area contributed by atoms with E-state index in [0.29, 0.717) is 12.8 Å². The first-order chi connectivity index (χ1) is 12.3. The molecule has 9 heteroatoms. The zero-order valence-electron chi connectivity index (χ0n) is 14.5. The van der Waals surface area contributed by atoms with Gasteiger partial charge < -0.3 is 9.84 Å². The number of benzene rings is 1. The van der Waals surface area contributed by atoms with Crippen molar-refractivity contribution in [2.45, 2.75) is 49.0 Å². The maximum atomic E-state index is 12.8. The predicted octanol–water partition coefficient (Wildman–Crippen LogP) is 0.932. The number of imide groups is 1. The van der Waals surface area contributed by atoms with E-state index >= 15 is 0 Å². The van der Waals surface area contributed by atoms with E-state index in [2.05, 4.69) is 4.72 Å². The van der Waals surface area contributed by atoms with Crippen molar-refractivity contribution < 1.29 is 27.9 Å². The lowest BCUT2D eigenvalue weighted by Crippen LogP contribution is -2.40. The second-order valence-electron chi connectivity index (χ2n) is 6.71. The van der Waals surface area contributed by atoms with E-state index < -0.39 is 15.6 Å². The van der Waals surface area contributed by atoms with Crippen molar-refractivity contribution in [3.63, 3.8) is 0 Å². The Hall–Kier alpha value is -1.97. The molecule has 0 bridgehead atoms. The Morgan fingerprint density at radius 2 is 1.81 bits per heavy atom. The molecule has 8 nitrogen and oxygen atoms in total. The molecule has 0 radical (unpaired) electrons. The van der Waals surface area contributed by atoms with Crippen molar-refractivity contribution in [3.05, 3.63) is 18.2 Å². The molecule has 2 amide bonds. The van der Waals surface area contributed by atoms with Crippen LogP contribution in [0.1, 0.15) is 38.5 Å². The monoisotopic (exact) mass is 382 g/mol. The van der Waals surface area contributed by atoms with E-state index in [-0.39, 0.29) is 47.5 Å². The number of carbonyl (C=O) groups is 2. The average Bonchev–Trinajstić information content (AvgIpc) is 3.19. The van der Waals surface area contributed by atoms with E-state index in [1.165, 1.54) is 25.3 Å². The number of carbonyl (C=O) groups excluding carboxylic acids is 2. The molecule has 2 fully saturated rings. The largest absolute Gasteiger partial charge is 0.495 e. The Morgan fingerprint density at radius 1 is 1.19 bits per heavy atom. The summed E-state index contributed by atoms with van der Waals surface area (Å²) in [6.07, 6.45) is 3.02. The van der Waals surface area contributed by atoms with Crippen molar-refractivity contribution >= 4 is 27.5 Å². The summed E-state index contributed by atoms with van der Waals surface area (Å²) in [6, 6.07) is 4.14. The van der Waals surface area contributed by atoms with E-state index in [9.17, 15) is 23.1 Å². The first-order valence-electron chi connectivity index (χ1n) is 8.52. The topological polar surface area (TPSA) is 113 Å². The molecule has 0 aromatic heterocycles. The SMILES string of the molecule is COc1ccc(N2C(=O)CCC2=O)cc1S(=O)(=O)NCC1(O)CCCC1. The number of sulfonamides is 1. The Balaban J connectivity index is 1.90. The first kappa shape index (κ1) is 18.8. The molecule has 1 aliphatic heterocycles. The molecule has 1 heterocycles. The van der Waals surface area contributed by atoms with Gasteiger partial charge >= 0.3 is 0 Å². The number of hydrogen-bond donors (Lipinski definition) is 2. The van der Waals surface area contributed by atoms with Gasteiger partial charge in [0.2, 0.25) is 21.8 Å². The van der Waals surface area contributed by atoms with Crippen LogP contribution in [0.15, 0.2) is 23.1 Å². The van der Waals surface area contributed by atoms with Gasteiger partial charge in [0, 0.05) is 19.4 Å². The number of aliphatic hydroxyl groups is 1. The summed E-state index contributed by atoms with van der Waals surface area (Å²) < 4.78 is 33.1. The third-order valence-electron chi connectivity index (χ3n) is 4.87. The van der Waals surface area contributed by atoms with Crippen LogP contribution in [-0.4, -0.2) is 44.6 Å². The molecule has 1 aromatic rings.